The van der Waals surface area contributed by atoms with Gasteiger partial charge in [-0.3, -0.25) is 9.59 Å². The Hall–Kier alpha value is -3.83. The summed E-state index contributed by atoms with van der Waals surface area (Å²) >= 11 is 0. The molecule has 3 heterocycles. The van der Waals surface area contributed by atoms with E-state index in [0.29, 0.717) is 18.4 Å². The number of benzene rings is 1. The van der Waals surface area contributed by atoms with Crippen LogP contribution in [0.15, 0.2) is 30.5 Å². The van der Waals surface area contributed by atoms with Crippen molar-refractivity contribution in [2.24, 2.45) is 11.3 Å². The summed E-state index contributed by atoms with van der Waals surface area (Å²) in [6, 6.07) is 3.32. The molecule has 1 aromatic heterocycles. The minimum atomic E-state index is -4.93. The summed E-state index contributed by atoms with van der Waals surface area (Å²) in [5.74, 6) is -2.74. The van der Waals surface area contributed by atoms with Gasteiger partial charge in [-0.15, -0.1) is 13.2 Å². The molecule has 1 aromatic carbocycles. The zero-order chi connectivity index (χ0) is 30.7. The summed E-state index contributed by atoms with van der Waals surface area (Å²) in [5.41, 5.74) is -0.223. The number of hydrogen-bond acceptors (Lipinski definition) is 8. The van der Waals surface area contributed by atoms with E-state index >= 15 is 0 Å². The molecule has 4 bridgehead atoms. The SMILES string of the molecule is CCOC(=O)[C@@H]1C[C@@H]2CN1C(=O)[C@H](C(C)(C)C)CC(=O)OCCC/C=C/c1cc(OC(F)(F)F)c3ccnc(c3c1)O2. The highest BCUT2D eigenvalue weighted by atomic mass is 19.4. The first-order chi connectivity index (χ1) is 19.8. The number of carbonyl (C=O) groups excluding carboxylic acids is 3. The zero-order valence-electron chi connectivity index (χ0n) is 24.0. The van der Waals surface area contributed by atoms with E-state index in [1.807, 2.05) is 20.8 Å². The smallest absolute Gasteiger partial charge is 0.472 e. The second kappa shape index (κ2) is 12.6. The van der Waals surface area contributed by atoms with Crippen molar-refractivity contribution < 1.29 is 46.5 Å². The standard InChI is InChI=1S/C30H35F3N2O7/c1-5-39-28(38)23-15-19-17-35(23)27(37)22(29(2,3)4)16-25(36)40-12-8-6-7-9-18-13-21-20(10-11-34-26(21)41-19)24(14-18)42-30(31,32)33/h7,9-11,13-14,19,22-23H,5-6,8,12,15-17H2,1-4H3/b9-7+/t19-,22-,23+/m1/s1. The lowest BCUT2D eigenvalue weighted by Gasteiger charge is -2.34. The minimum absolute atomic E-state index is 0.0203. The zero-order valence-corrected chi connectivity index (χ0v) is 24.0. The van der Waals surface area contributed by atoms with Gasteiger partial charge in [0.2, 0.25) is 11.8 Å². The Balaban J connectivity index is 1.79. The van der Waals surface area contributed by atoms with Gasteiger partial charge >= 0.3 is 18.3 Å². The molecule has 228 valence electrons. The minimum Gasteiger partial charge on any atom is -0.472 e. The third-order valence-corrected chi connectivity index (χ3v) is 7.24. The Bertz CT molecular complexity index is 1350. The second-order valence-electron chi connectivity index (χ2n) is 11.4. The fourth-order valence-corrected chi connectivity index (χ4v) is 5.19. The van der Waals surface area contributed by atoms with Gasteiger partial charge in [0, 0.05) is 23.4 Å². The molecule has 42 heavy (non-hydrogen) atoms. The molecule has 0 unspecified atom stereocenters. The lowest BCUT2D eigenvalue weighted by Crippen LogP contribution is -2.48. The first-order valence-corrected chi connectivity index (χ1v) is 13.9. The molecule has 12 heteroatoms. The Morgan fingerprint density at radius 1 is 1.17 bits per heavy atom. The number of fused-ring (bicyclic) bond motifs is 3. The highest BCUT2D eigenvalue weighted by Gasteiger charge is 2.46. The van der Waals surface area contributed by atoms with Crippen LogP contribution in [0.5, 0.6) is 11.6 Å². The number of halogens is 3. The number of alkyl halides is 3. The number of rotatable bonds is 3. The molecular weight excluding hydrogens is 557 g/mol. The van der Waals surface area contributed by atoms with Gasteiger partial charge in [-0.2, -0.15) is 0 Å². The Labute approximate surface area is 241 Å². The molecule has 9 nitrogen and oxygen atoms in total. The first kappa shape index (κ1) is 31.1. The van der Waals surface area contributed by atoms with Crippen molar-refractivity contribution in [3.8, 4) is 11.6 Å². The molecule has 0 aliphatic carbocycles. The summed E-state index contributed by atoms with van der Waals surface area (Å²) in [4.78, 5) is 45.3. The molecule has 0 saturated carbocycles. The van der Waals surface area contributed by atoms with Crippen LogP contribution in [-0.4, -0.2) is 66.0 Å². The summed E-state index contributed by atoms with van der Waals surface area (Å²) < 4.78 is 61.1. The number of esters is 2. The maximum Gasteiger partial charge on any atom is 0.573 e. The Kier molecular flexibility index (Phi) is 9.32. The van der Waals surface area contributed by atoms with Crippen LogP contribution in [0.1, 0.15) is 58.9 Å². The second-order valence-corrected chi connectivity index (χ2v) is 11.4. The van der Waals surface area contributed by atoms with Gasteiger partial charge in [0.1, 0.15) is 17.9 Å². The van der Waals surface area contributed by atoms with Gasteiger partial charge in [0.25, 0.3) is 0 Å². The molecule has 2 aliphatic heterocycles. The topological polar surface area (TPSA) is 104 Å². The lowest BCUT2D eigenvalue weighted by molar-refractivity contribution is -0.274. The van der Waals surface area contributed by atoms with Crippen LogP contribution in [0.25, 0.3) is 16.8 Å². The van der Waals surface area contributed by atoms with E-state index in [9.17, 15) is 27.6 Å². The van der Waals surface area contributed by atoms with Gasteiger partial charge in [-0.25, -0.2) is 9.78 Å². The fraction of sp³-hybridized carbons (Fsp3) is 0.533. The molecule has 1 amide bonds. The number of allylic oxidation sites excluding steroid dienone is 1. The van der Waals surface area contributed by atoms with E-state index in [0.717, 1.165) is 0 Å². The van der Waals surface area contributed by atoms with Gasteiger partial charge in [-0.1, -0.05) is 32.9 Å². The van der Waals surface area contributed by atoms with E-state index in [1.165, 1.54) is 23.2 Å². The van der Waals surface area contributed by atoms with Crippen LogP contribution in [0.2, 0.25) is 0 Å². The third-order valence-electron chi connectivity index (χ3n) is 7.24. The van der Waals surface area contributed by atoms with Crippen molar-refractivity contribution in [3.05, 3.63) is 36.0 Å². The number of ether oxygens (including phenoxy) is 4. The maximum absolute atomic E-state index is 13.9. The van der Waals surface area contributed by atoms with Crippen molar-refractivity contribution in [1.29, 1.82) is 0 Å². The highest BCUT2D eigenvalue weighted by molar-refractivity contribution is 5.94. The lowest BCUT2D eigenvalue weighted by atomic mass is 9.77. The first-order valence-electron chi connectivity index (χ1n) is 13.9. The van der Waals surface area contributed by atoms with Crippen molar-refractivity contribution in [2.75, 3.05) is 19.8 Å². The van der Waals surface area contributed by atoms with Crippen LogP contribution >= 0.6 is 0 Å². The van der Waals surface area contributed by atoms with E-state index in [4.69, 9.17) is 14.2 Å². The quantitative estimate of drug-likeness (QED) is 0.434. The predicted octanol–water partition coefficient (Wildman–Crippen LogP) is 5.45. The number of amides is 1. The van der Waals surface area contributed by atoms with Crippen LogP contribution in [0, 0.1) is 11.3 Å². The van der Waals surface area contributed by atoms with Crippen molar-refractivity contribution >= 4 is 34.7 Å². The predicted molar refractivity (Wildman–Crippen MR) is 146 cm³/mol. The average molecular weight is 593 g/mol. The van der Waals surface area contributed by atoms with Gasteiger partial charge in [0.05, 0.1) is 32.1 Å². The fourth-order valence-electron chi connectivity index (χ4n) is 5.19. The van der Waals surface area contributed by atoms with Crippen molar-refractivity contribution in [3.63, 3.8) is 0 Å². The van der Waals surface area contributed by atoms with Crippen LogP contribution in [0.4, 0.5) is 13.2 Å². The molecule has 1 saturated heterocycles. The summed E-state index contributed by atoms with van der Waals surface area (Å²) in [6.07, 6.45) is -0.109. The van der Waals surface area contributed by atoms with E-state index in [2.05, 4.69) is 9.72 Å². The molecule has 2 aliphatic rings. The van der Waals surface area contributed by atoms with Gasteiger partial charge in [0.15, 0.2) is 0 Å². The molecule has 1 fully saturated rings. The molecule has 0 spiro atoms. The largest absolute Gasteiger partial charge is 0.573 e. The summed E-state index contributed by atoms with van der Waals surface area (Å²) in [5, 5.41) is 0.412. The number of hydrogen-bond donors (Lipinski definition) is 0. The monoisotopic (exact) mass is 592 g/mol. The number of pyridine rings is 1. The number of aromatic nitrogens is 1. The maximum atomic E-state index is 13.9. The molecule has 0 radical (unpaired) electrons. The number of cyclic esters (lactones) is 1. The molecule has 2 aromatic rings. The number of nitrogens with zero attached hydrogens (tertiary/aromatic N) is 2. The summed E-state index contributed by atoms with van der Waals surface area (Å²) in [6.45, 7) is 7.34. The van der Waals surface area contributed by atoms with Crippen LogP contribution < -0.4 is 9.47 Å². The van der Waals surface area contributed by atoms with Gasteiger partial charge in [-0.05, 0) is 48.9 Å². The van der Waals surface area contributed by atoms with Gasteiger partial charge < -0.3 is 23.8 Å². The summed E-state index contributed by atoms with van der Waals surface area (Å²) in [7, 11) is 0. The molecule has 0 N–H and O–H groups in total. The Morgan fingerprint density at radius 2 is 1.93 bits per heavy atom. The van der Waals surface area contributed by atoms with Crippen molar-refractivity contribution in [1.82, 2.24) is 9.88 Å². The van der Waals surface area contributed by atoms with E-state index in [1.54, 1.807) is 25.1 Å². The Morgan fingerprint density at radius 3 is 2.62 bits per heavy atom. The van der Waals surface area contributed by atoms with Crippen molar-refractivity contribution in [2.45, 2.75) is 71.9 Å². The average Bonchev–Trinajstić information content (AvgIpc) is 3.31. The highest BCUT2D eigenvalue weighted by Crippen LogP contribution is 2.38. The molecule has 3 atom stereocenters. The normalized spacial score (nSPS) is 23.1. The molecule has 4 rings (SSSR count). The van der Waals surface area contributed by atoms with Crippen LogP contribution in [0.3, 0.4) is 0 Å². The van der Waals surface area contributed by atoms with Crippen LogP contribution in [-0.2, 0) is 23.9 Å². The number of carbonyl (C=O) groups is 3. The third kappa shape index (κ3) is 7.51. The van der Waals surface area contributed by atoms with E-state index < -0.39 is 53.4 Å². The molecular formula is C30H35F3N2O7. The van der Waals surface area contributed by atoms with E-state index in [-0.39, 0.29) is 49.3 Å².